The molecule has 62 valence electrons. The highest BCUT2D eigenvalue weighted by atomic mass is 19.1. The molecular formula is C8H8BFO2. The van der Waals surface area contributed by atoms with Crippen LogP contribution in [0.1, 0.15) is 10.4 Å². The Hall–Kier alpha value is -1.32. The average molecular weight is 166 g/mol. The van der Waals surface area contributed by atoms with Crippen molar-refractivity contribution in [2.45, 2.75) is 0 Å². The highest BCUT2D eigenvalue weighted by molar-refractivity contribution is 6.32. The third kappa shape index (κ3) is 1.64. The van der Waals surface area contributed by atoms with Crippen LogP contribution >= 0.6 is 0 Å². The third-order valence-corrected chi connectivity index (χ3v) is 1.59. The highest BCUT2D eigenvalue weighted by Crippen LogP contribution is 2.02. The van der Waals surface area contributed by atoms with E-state index in [1.54, 1.807) is 13.9 Å². The summed E-state index contributed by atoms with van der Waals surface area (Å²) in [6.45, 7) is 0. The second kappa shape index (κ2) is 3.39. The van der Waals surface area contributed by atoms with Crippen LogP contribution in [0.2, 0.25) is 0 Å². The summed E-state index contributed by atoms with van der Waals surface area (Å²) in [6, 6.07) is 4.24. The number of rotatable bonds is 1. The van der Waals surface area contributed by atoms with Gasteiger partial charge in [0.15, 0.2) is 0 Å². The van der Waals surface area contributed by atoms with Crippen LogP contribution in [-0.2, 0) is 4.74 Å². The fraction of sp³-hybridized carbons (Fsp3) is 0.125. The van der Waals surface area contributed by atoms with Crippen molar-refractivity contribution < 1.29 is 13.9 Å². The second-order valence-electron chi connectivity index (χ2n) is 2.46. The summed E-state index contributed by atoms with van der Waals surface area (Å²) in [6.07, 6.45) is 0. The van der Waals surface area contributed by atoms with E-state index in [9.17, 15) is 9.18 Å². The van der Waals surface area contributed by atoms with Crippen molar-refractivity contribution in [3.05, 3.63) is 29.6 Å². The van der Waals surface area contributed by atoms with Gasteiger partial charge in [0, 0.05) is 0 Å². The van der Waals surface area contributed by atoms with Gasteiger partial charge in [-0.15, -0.1) is 0 Å². The Morgan fingerprint density at radius 1 is 1.58 bits per heavy atom. The van der Waals surface area contributed by atoms with E-state index < -0.39 is 11.8 Å². The number of carbonyl (C=O) groups is 1. The number of esters is 1. The largest absolute Gasteiger partial charge is 0.465 e. The molecule has 0 aromatic heterocycles. The van der Waals surface area contributed by atoms with Crippen molar-refractivity contribution >= 4 is 19.3 Å². The van der Waals surface area contributed by atoms with Gasteiger partial charge >= 0.3 is 5.97 Å². The van der Waals surface area contributed by atoms with Crippen LogP contribution in [0.5, 0.6) is 0 Å². The van der Waals surface area contributed by atoms with Gasteiger partial charge < -0.3 is 4.74 Å². The molecule has 0 amide bonds. The number of hydrogen-bond acceptors (Lipinski definition) is 2. The minimum absolute atomic E-state index is 0.237. The van der Waals surface area contributed by atoms with Crippen molar-refractivity contribution in [2.75, 3.05) is 7.11 Å². The molecule has 0 aliphatic carbocycles. The highest BCUT2D eigenvalue weighted by Gasteiger charge is 2.06. The lowest BCUT2D eigenvalue weighted by Gasteiger charge is -2.00. The Morgan fingerprint density at radius 3 is 2.75 bits per heavy atom. The summed E-state index contributed by atoms with van der Waals surface area (Å²) in [5, 5.41) is 0. The first kappa shape index (κ1) is 8.78. The zero-order valence-corrected chi connectivity index (χ0v) is 6.93. The first-order valence-electron chi connectivity index (χ1n) is 3.49. The molecule has 0 aliphatic heterocycles. The lowest BCUT2D eigenvalue weighted by molar-refractivity contribution is 0.0600. The van der Waals surface area contributed by atoms with Crippen molar-refractivity contribution in [3.63, 3.8) is 0 Å². The van der Waals surface area contributed by atoms with Crippen molar-refractivity contribution in [3.8, 4) is 0 Å². The van der Waals surface area contributed by atoms with E-state index in [0.29, 0.717) is 5.46 Å². The molecule has 4 heteroatoms. The van der Waals surface area contributed by atoms with E-state index in [1.807, 2.05) is 0 Å². The minimum Gasteiger partial charge on any atom is -0.465 e. The third-order valence-electron chi connectivity index (χ3n) is 1.59. The van der Waals surface area contributed by atoms with Gasteiger partial charge in [0.25, 0.3) is 0 Å². The maximum atomic E-state index is 12.9. The molecule has 1 rings (SSSR count). The minimum atomic E-state index is -0.520. The topological polar surface area (TPSA) is 26.3 Å². The van der Waals surface area contributed by atoms with Crippen LogP contribution in [0.15, 0.2) is 18.2 Å². The molecule has 2 nitrogen and oxygen atoms in total. The Morgan fingerprint density at radius 2 is 2.25 bits per heavy atom. The lowest BCUT2D eigenvalue weighted by Crippen LogP contribution is -2.11. The zero-order valence-electron chi connectivity index (χ0n) is 6.93. The molecule has 0 atom stereocenters. The van der Waals surface area contributed by atoms with E-state index >= 15 is 0 Å². The second-order valence-corrected chi connectivity index (χ2v) is 2.46. The first-order valence-corrected chi connectivity index (χ1v) is 3.49. The van der Waals surface area contributed by atoms with Crippen LogP contribution in [0.25, 0.3) is 0 Å². The molecule has 1 aromatic rings. The Labute approximate surface area is 70.8 Å². The van der Waals surface area contributed by atoms with Gasteiger partial charge in [0.2, 0.25) is 0 Å². The van der Waals surface area contributed by atoms with Crippen LogP contribution < -0.4 is 5.46 Å². The molecule has 1 aromatic carbocycles. The quantitative estimate of drug-likeness (QED) is 0.429. The van der Waals surface area contributed by atoms with Crippen molar-refractivity contribution in [2.24, 2.45) is 0 Å². The maximum Gasteiger partial charge on any atom is 0.337 e. The number of carbonyl (C=O) groups excluding carboxylic acids is 1. The fourth-order valence-electron chi connectivity index (χ4n) is 0.838. The van der Waals surface area contributed by atoms with Gasteiger partial charge in [-0.25, -0.2) is 9.18 Å². The van der Waals surface area contributed by atoms with Gasteiger partial charge in [-0.3, -0.25) is 0 Å². The molecular weight excluding hydrogens is 158 g/mol. The standard InChI is InChI=1S/C8H8BFO2/c1-12-8(11)5-2-3-6(9)7(10)4-5/h2-4H,9H2,1H3. The smallest absolute Gasteiger partial charge is 0.337 e. The molecule has 0 spiro atoms. The predicted octanol–water partition coefficient (Wildman–Crippen LogP) is -0.129. The summed E-state index contributed by atoms with van der Waals surface area (Å²) in [4.78, 5) is 10.9. The molecule has 12 heavy (non-hydrogen) atoms. The van der Waals surface area contributed by atoms with Crippen LogP contribution in [0.4, 0.5) is 4.39 Å². The summed E-state index contributed by atoms with van der Waals surface area (Å²) in [5.74, 6) is -0.910. The number of ether oxygens (including phenoxy) is 1. The molecule has 0 N–H and O–H groups in total. The molecule has 0 heterocycles. The monoisotopic (exact) mass is 166 g/mol. The average Bonchev–Trinajstić information content (AvgIpc) is 2.08. The van der Waals surface area contributed by atoms with E-state index in [1.165, 1.54) is 19.2 Å². The number of hydrogen-bond donors (Lipinski definition) is 0. The summed E-state index contributed by atoms with van der Waals surface area (Å²) in [7, 11) is 2.90. The molecule has 0 bridgehead atoms. The van der Waals surface area contributed by atoms with E-state index in [4.69, 9.17) is 0 Å². The van der Waals surface area contributed by atoms with Gasteiger partial charge in [0.05, 0.1) is 12.7 Å². The van der Waals surface area contributed by atoms with Gasteiger partial charge in [-0.2, -0.15) is 0 Å². The number of methoxy groups -OCH3 is 1. The van der Waals surface area contributed by atoms with Crippen LogP contribution in [-0.4, -0.2) is 20.9 Å². The summed E-state index contributed by atoms with van der Waals surface area (Å²) in [5.41, 5.74) is 0.753. The SMILES string of the molecule is Bc1ccc(C(=O)OC)cc1F. The Kier molecular flexibility index (Phi) is 2.48. The summed E-state index contributed by atoms with van der Waals surface area (Å²) >= 11 is 0. The van der Waals surface area contributed by atoms with Gasteiger partial charge in [-0.05, 0) is 12.1 Å². The van der Waals surface area contributed by atoms with Crippen molar-refractivity contribution in [1.29, 1.82) is 0 Å². The van der Waals surface area contributed by atoms with Gasteiger partial charge in [-0.1, -0.05) is 11.5 Å². The normalized spacial score (nSPS) is 9.50. The predicted molar refractivity (Wildman–Crippen MR) is 45.9 cm³/mol. The molecule has 0 saturated carbocycles. The van der Waals surface area contributed by atoms with Gasteiger partial charge in [0.1, 0.15) is 13.7 Å². The number of halogens is 1. The molecule has 0 fully saturated rings. The van der Waals surface area contributed by atoms with E-state index in [0.717, 1.165) is 0 Å². The Balaban J connectivity index is 3.05. The molecule has 0 radical (unpaired) electrons. The fourth-order valence-corrected chi connectivity index (χ4v) is 0.838. The van der Waals surface area contributed by atoms with Crippen molar-refractivity contribution in [1.82, 2.24) is 0 Å². The zero-order chi connectivity index (χ0) is 9.14. The Bertz CT molecular complexity index is 312. The molecule has 0 unspecified atom stereocenters. The summed E-state index contributed by atoms with van der Waals surface area (Å²) < 4.78 is 17.3. The maximum absolute atomic E-state index is 12.9. The van der Waals surface area contributed by atoms with E-state index in [-0.39, 0.29) is 5.56 Å². The van der Waals surface area contributed by atoms with Crippen LogP contribution in [0, 0.1) is 5.82 Å². The van der Waals surface area contributed by atoms with E-state index in [2.05, 4.69) is 4.74 Å². The first-order chi connectivity index (χ1) is 5.65. The molecule has 0 aliphatic rings. The van der Waals surface area contributed by atoms with Crippen LogP contribution in [0.3, 0.4) is 0 Å². The lowest BCUT2D eigenvalue weighted by atomic mass is 9.94. The molecule has 0 saturated heterocycles. The number of benzene rings is 1.